The lowest BCUT2D eigenvalue weighted by atomic mass is 9.78. The number of benzene rings is 2. The van der Waals surface area contributed by atoms with E-state index in [1.54, 1.807) is 7.05 Å². The number of amides is 1. The normalized spacial score (nSPS) is 34.8. The van der Waals surface area contributed by atoms with Crippen LogP contribution in [0.3, 0.4) is 0 Å². The maximum absolute atomic E-state index is 12.4. The number of nitrogens with zero attached hydrogens (tertiary/aromatic N) is 1. The number of carbonyl (C=O) groups excluding carboxylic acids is 1. The molecule has 1 fully saturated rings. The van der Waals surface area contributed by atoms with E-state index < -0.39 is 11.6 Å². The second-order valence-corrected chi connectivity index (χ2v) is 5.43. The summed E-state index contributed by atoms with van der Waals surface area (Å²) in [5.41, 5.74) is 1.53. The van der Waals surface area contributed by atoms with Crippen molar-refractivity contribution in [2.24, 2.45) is 0 Å². The van der Waals surface area contributed by atoms with Crippen LogP contribution in [0.5, 0.6) is 0 Å². The van der Waals surface area contributed by atoms with Crippen molar-refractivity contribution in [3.05, 3.63) is 65.7 Å². The lowest BCUT2D eigenvalue weighted by Crippen LogP contribution is -2.75. The van der Waals surface area contributed by atoms with Crippen molar-refractivity contribution < 1.29 is 9.90 Å². The Morgan fingerprint density at radius 2 is 1.68 bits per heavy atom. The van der Waals surface area contributed by atoms with Gasteiger partial charge in [0, 0.05) is 17.2 Å². The molecule has 1 N–H and O–H groups in total. The second kappa shape index (κ2) is 3.13. The fraction of sp³-hybridized carbons (Fsp3) is 0.188. The summed E-state index contributed by atoms with van der Waals surface area (Å²) < 4.78 is -0.0299. The van der Waals surface area contributed by atoms with E-state index in [1.807, 2.05) is 54.6 Å². The molecule has 3 unspecified atom stereocenters. The van der Waals surface area contributed by atoms with Crippen LogP contribution in [-0.2, 0) is 10.5 Å². The third kappa shape index (κ3) is 0.937. The van der Waals surface area contributed by atoms with Gasteiger partial charge in [-0.3, -0.25) is 0 Å². The molecule has 94 valence electrons. The average Bonchev–Trinajstić information content (AvgIpc) is 2.83. The number of hydrogen-bond acceptors (Lipinski definition) is 2. The van der Waals surface area contributed by atoms with Gasteiger partial charge in [0.05, 0.1) is 7.05 Å². The molecule has 2 aliphatic rings. The first-order chi connectivity index (χ1) is 9.12. The zero-order valence-electron chi connectivity index (χ0n) is 10.6. The lowest BCUT2D eigenvalue weighted by Gasteiger charge is -2.50. The number of β-lactam (4-membered cyclic amide) rings is 1. The van der Waals surface area contributed by atoms with Crippen molar-refractivity contribution in [2.45, 2.75) is 11.6 Å². The average molecular weight is 252 g/mol. The molecule has 1 saturated heterocycles. The summed E-state index contributed by atoms with van der Waals surface area (Å²) >= 11 is 0. The molecule has 19 heavy (non-hydrogen) atoms. The molecular weight excluding hydrogens is 238 g/mol. The van der Waals surface area contributed by atoms with E-state index in [1.165, 1.54) is 0 Å². The predicted molar refractivity (Wildman–Crippen MR) is 72.2 cm³/mol. The number of likely N-dealkylation sites (N-methyl/N-ethyl adjacent to an activating group) is 1. The van der Waals surface area contributed by atoms with E-state index in [0.29, 0.717) is 0 Å². The van der Waals surface area contributed by atoms with Crippen LogP contribution in [0, 0.1) is 0 Å². The van der Waals surface area contributed by atoms with Crippen molar-refractivity contribution in [1.29, 1.82) is 0 Å². The van der Waals surface area contributed by atoms with Crippen LogP contribution in [0.15, 0.2) is 54.6 Å². The Morgan fingerprint density at radius 1 is 1.05 bits per heavy atom. The van der Waals surface area contributed by atoms with Gasteiger partial charge in [-0.25, -0.2) is 4.79 Å². The molecular formula is C16H14NO2+. The smallest absolute Gasteiger partial charge is 0.337 e. The number of carbonyl (C=O) groups is 1. The zero-order valence-corrected chi connectivity index (χ0v) is 10.6. The first-order valence-electron chi connectivity index (χ1n) is 6.40. The van der Waals surface area contributed by atoms with Gasteiger partial charge in [-0.1, -0.05) is 48.5 Å². The maximum atomic E-state index is 12.4. The molecule has 3 nitrogen and oxygen atoms in total. The molecule has 2 heterocycles. The summed E-state index contributed by atoms with van der Waals surface area (Å²) in [7, 11) is 1.80. The van der Waals surface area contributed by atoms with Crippen LogP contribution in [0.25, 0.3) is 0 Å². The molecule has 0 saturated carbocycles. The van der Waals surface area contributed by atoms with E-state index in [9.17, 15) is 9.90 Å². The monoisotopic (exact) mass is 252 g/mol. The van der Waals surface area contributed by atoms with Crippen LogP contribution in [0.4, 0.5) is 5.69 Å². The number of fused-ring (bicyclic) bond motifs is 5. The molecule has 0 radical (unpaired) electrons. The highest BCUT2D eigenvalue weighted by atomic mass is 16.3. The first-order valence-corrected chi connectivity index (χ1v) is 6.40. The van der Waals surface area contributed by atoms with Crippen molar-refractivity contribution in [1.82, 2.24) is 4.48 Å². The second-order valence-electron chi connectivity index (χ2n) is 5.43. The van der Waals surface area contributed by atoms with Gasteiger partial charge in [0.2, 0.25) is 0 Å². The SMILES string of the molecule is C[N+]12C(=O)C(c3ccccc31)C2(O)c1ccccc1. The Bertz CT molecular complexity index is 697. The number of hydrogen-bond donors (Lipinski definition) is 1. The minimum atomic E-state index is -1.15. The summed E-state index contributed by atoms with van der Waals surface area (Å²) in [5.74, 6) is -0.358. The van der Waals surface area contributed by atoms with Gasteiger partial charge in [-0.15, -0.1) is 0 Å². The van der Waals surface area contributed by atoms with Gasteiger partial charge < -0.3 is 5.11 Å². The Morgan fingerprint density at radius 3 is 2.37 bits per heavy atom. The molecule has 2 aromatic carbocycles. The summed E-state index contributed by atoms with van der Waals surface area (Å²) in [4.78, 5) is 12.4. The van der Waals surface area contributed by atoms with E-state index in [4.69, 9.17) is 0 Å². The largest absolute Gasteiger partial charge is 0.338 e. The first kappa shape index (κ1) is 10.9. The third-order valence-corrected chi connectivity index (χ3v) is 4.70. The van der Waals surface area contributed by atoms with Gasteiger partial charge in [-0.2, -0.15) is 4.48 Å². The minimum absolute atomic E-state index is 0.0299. The van der Waals surface area contributed by atoms with Gasteiger partial charge in [-0.05, 0) is 0 Å². The minimum Gasteiger partial charge on any atom is -0.337 e. The van der Waals surface area contributed by atoms with Crippen molar-refractivity contribution in [2.75, 3.05) is 7.05 Å². The molecule has 3 atom stereocenters. The molecule has 0 aromatic heterocycles. The number of aliphatic hydroxyl groups is 1. The fourth-order valence-corrected chi connectivity index (χ4v) is 3.69. The van der Waals surface area contributed by atoms with Gasteiger partial charge >= 0.3 is 5.91 Å². The number of quaternary nitrogens is 1. The highest BCUT2D eigenvalue weighted by molar-refractivity contribution is 6.09. The predicted octanol–water partition coefficient (Wildman–Crippen LogP) is 2.11. The van der Waals surface area contributed by atoms with Crippen LogP contribution in [0.2, 0.25) is 0 Å². The number of rotatable bonds is 1. The van der Waals surface area contributed by atoms with Gasteiger partial charge in [0.1, 0.15) is 5.69 Å². The summed E-state index contributed by atoms with van der Waals surface area (Å²) in [5, 5.41) is 11.2. The molecule has 3 heteroatoms. The van der Waals surface area contributed by atoms with Crippen molar-refractivity contribution in [3.63, 3.8) is 0 Å². The van der Waals surface area contributed by atoms with Crippen molar-refractivity contribution in [3.8, 4) is 0 Å². The Labute approximate surface area is 111 Å². The molecule has 0 aliphatic carbocycles. The molecule has 0 spiro atoms. The van der Waals surface area contributed by atoms with Crippen molar-refractivity contribution >= 4 is 11.6 Å². The van der Waals surface area contributed by atoms with Crippen LogP contribution in [0.1, 0.15) is 17.0 Å². The van der Waals surface area contributed by atoms with Crippen LogP contribution < -0.4 is 4.48 Å². The topological polar surface area (TPSA) is 37.3 Å². The van der Waals surface area contributed by atoms with E-state index in [2.05, 4.69) is 0 Å². The van der Waals surface area contributed by atoms with E-state index in [-0.39, 0.29) is 10.4 Å². The standard InChI is InChI=1S/C16H14NO2/c1-17-13-10-6-5-9-12(13)14(15(17)18)16(17,19)11-7-3-2-4-8-11/h2-10,14,19H,1H3/q+1. The van der Waals surface area contributed by atoms with Crippen LogP contribution in [-0.4, -0.2) is 18.1 Å². The highest BCUT2D eigenvalue weighted by Crippen LogP contribution is 2.65. The fourth-order valence-electron chi connectivity index (χ4n) is 3.69. The summed E-state index contributed by atoms with van der Waals surface area (Å²) in [6.45, 7) is 0. The molecule has 2 bridgehead atoms. The quantitative estimate of drug-likeness (QED) is 0.623. The lowest BCUT2D eigenvalue weighted by molar-refractivity contribution is -0.195. The summed E-state index contributed by atoms with van der Waals surface area (Å²) in [6, 6.07) is 17.2. The molecule has 2 aliphatic heterocycles. The molecule has 4 rings (SSSR count). The highest BCUT2D eigenvalue weighted by Gasteiger charge is 2.81. The third-order valence-electron chi connectivity index (χ3n) is 4.70. The summed E-state index contributed by atoms with van der Waals surface area (Å²) in [6.07, 6.45) is 0. The van der Waals surface area contributed by atoms with E-state index >= 15 is 0 Å². The Balaban J connectivity index is 1.99. The Hall–Kier alpha value is -1.97. The zero-order chi connectivity index (χ0) is 13.3. The van der Waals surface area contributed by atoms with Gasteiger partial charge in [0.15, 0.2) is 5.92 Å². The molecule has 1 amide bonds. The van der Waals surface area contributed by atoms with E-state index in [0.717, 1.165) is 16.8 Å². The number of para-hydroxylation sites is 1. The maximum Gasteiger partial charge on any atom is 0.338 e. The van der Waals surface area contributed by atoms with Crippen LogP contribution >= 0.6 is 0 Å². The van der Waals surface area contributed by atoms with Gasteiger partial charge in [0.25, 0.3) is 5.72 Å². The molecule has 2 aromatic rings. The Kier molecular flexibility index (Phi) is 1.80.